The van der Waals surface area contributed by atoms with Gasteiger partial charge in [-0.2, -0.15) is 0 Å². The molecule has 0 spiro atoms. The van der Waals surface area contributed by atoms with E-state index in [1.165, 1.54) is 148 Å². The van der Waals surface area contributed by atoms with Gasteiger partial charge in [0.2, 0.25) is 0 Å². The highest BCUT2D eigenvalue weighted by Gasteiger charge is 2.13. The lowest BCUT2D eigenvalue weighted by atomic mass is 9.99. The lowest BCUT2D eigenvalue weighted by Crippen LogP contribution is -2.12. The van der Waals surface area contributed by atoms with Gasteiger partial charge >= 0.3 is 0 Å². The van der Waals surface area contributed by atoms with Crippen LogP contribution in [0.25, 0.3) is 22.3 Å². The van der Waals surface area contributed by atoms with Crippen LogP contribution in [0.5, 0.6) is 0 Å². The number of rotatable bonds is 24. The molecule has 4 heteroatoms. The van der Waals surface area contributed by atoms with Crippen LogP contribution in [-0.4, -0.2) is 51.1 Å². The lowest BCUT2D eigenvalue weighted by Gasteiger charge is -2.08. The van der Waals surface area contributed by atoms with E-state index in [0.29, 0.717) is 0 Å². The van der Waals surface area contributed by atoms with Crippen molar-refractivity contribution in [3.05, 3.63) is 55.9 Å². The fourth-order valence-electron chi connectivity index (χ4n) is 6.18. The van der Waals surface area contributed by atoms with E-state index >= 15 is 0 Å². The third-order valence-corrected chi connectivity index (χ3v) is 11.1. The molecule has 2 heterocycles. The van der Waals surface area contributed by atoms with Crippen LogP contribution in [0.1, 0.15) is 122 Å². The minimum Gasteiger partial charge on any atom is -0.309 e. The zero-order valence-corrected chi connectivity index (χ0v) is 31.1. The number of terminal acetylenes is 2. The average Bonchev–Trinajstić information content (AvgIpc) is 3.66. The van der Waals surface area contributed by atoms with E-state index in [1.54, 1.807) is 22.7 Å². The second-order valence-electron chi connectivity index (χ2n) is 13.5. The van der Waals surface area contributed by atoms with E-state index < -0.39 is 0 Å². The number of hydrogen-bond donors (Lipinski definition) is 0. The Morgan fingerprint density at radius 2 is 0.783 bits per heavy atom. The Hall–Kier alpha value is -2.34. The topological polar surface area (TPSA) is 6.48 Å². The minimum atomic E-state index is 1.05. The molecule has 0 fully saturated rings. The predicted molar refractivity (Wildman–Crippen MR) is 207 cm³/mol. The molecule has 0 radical (unpaired) electrons. The molecule has 0 N–H and O–H groups in total. The molecule has 0 aliphatic heterocycles. The van der Waals surface area contributed by atoms with E-state index in [0.717, 1.165) is 22.6 Å². The summed E-state index contributed by atoms with van der Waals surface area (Å²) in [6, 6.07) is 13.6. The Labute approximate surface area is 291 Å². The first-order valence-corrected chi connectivity index (χ1v) is 19.6. The molecule has 0 aliphatic rings. The standard InChI is InChI=1S/C42H60N2S2/c1-7-41-39(33-37(45-41)25-21-17-13-9-11-15-19-23-31-43(3)4)35-27-29-36(30-28-35)40-34-38(46-42(40)8-2)26-22-18-14-10-12-16-20-24-32-44(5)6/h1-2,27-30,33-34H,9-26,31-32H2,3-6H3. The van der Waals surface area contributed by atoms with Gasteiger partial charge in [-0.1, -0.05) is 113 Å². The van der Waals surface area contributed by atoms with Crippen molar-refractivity contribution in [2.24, 2.45) is 0 Å². The molecule has 0 saturated carbocycles. The smallest absolute Gasteiger partial charge is 0.0846 e. The van der Waals surface area contributed by atoms with Crippen molar-refractivity contribution in [1.82, 2.24) is 9.80 Å². The molecule has 3 rings (SSSR count). The van der Waals surface area contributed by atoms with Gasteiger partial charge in [0.1, 0.15) is 0 Å². The maximum atomic E-state index is 5.96. The van der Waals surface area contributed by atoms with Crippen molar-refractivity contribution >= 4 is 22.7 Å². The summed E-state index contributed by atoms with van der Waals surface area (Å²) in [5.74, 6) is 5.92. The molecule has 0 saturated heterocycles. The fourth-order valence-corrected chi connectivity index (χ4v) is 8.24. The van der Waals surface area contributed by atoms with Crippen LogP contribution < -0.4 is 0 Å². The molecule has 0 bridgehead atoms. The monoisotopic (exact) mass is 656 g/mol. The molecule has 2 nitrogen and oxygen atoms in total. The second-order valence-corrected chi connectivity index (χ2v) is 15.8. The van der Waals surface area contributed by atoms with Crippen LogP contribution >= 0.6 is 22.7 Å². The van der Waals surface area contributed by atoms with Crippen LogP contribution in [0.2, 0.25) is 0 Å². The second kappa shape index (κ2) is 22.3. The van der Waals surface area contributed by atoms with E-state index in [2.05, 4.69) is 86.2 Å². The summed E-state index contributed by atoms with van der Waals surface area (Å²) in [5.41, 5.74) is 4.79. The highest BCUT2D eigenvalue weighted by atomic mass is 32.1. The highest BCUT2D eigenvalue weighted by molar-refractivity contribution is 7.13. The first kappa shape index (κ1) is 38.1. The van der Waals surface area contributed by atoms with Crippen molar-refractivity contribution in [2.75, 3.05) is 41.3 Å². The van der Waals surface area contributed by atoms with Gasteiger partial charge in [-0.15, -0.1) is 35.5 Å². The summed E-state index contributed by atoms with van der Waals surface area (Å²) in [7, 11) is 8.65. The fraction of sp³-hybridized carbons (Fsp3) is 0.571. The predicted octanol–water partition coefficient (Wildman–Crippen LogP) is 11.6. The molecular formula is C42H60N2S2. The van der Waals surface area contributed by atoms with E-state index in [4.69, 9.17) is 12.8 Å². The first-order valence-electron chi connectivity index (χ1n) is 18.0. The Bertz CT molecular complexity index is 1230. The molecule has 46 heavy (non-hydrogen) atoms. The minimum absolute atomic E-state index is 1.05. The van der Waals surface area contributed by atoms with Crippen molar-refractivity contribution in [3.8, 4) is 46.9 Å². The van der Waals surface area contributed by atoms with Gasteiger partial charge in [-0.25, -0.2) is 0 Å². The van der Waals surface area contributed by atoms with Crippen LogP contribution in [0.15, 0.2) is 36.4 Å². The lowest BCUT2D eigenvalue weighted by molar-refractivity contribution is 0.389. The number of benzene rings is 1. The van der Waals surface area contributed by atoms with Gasteiger partial charge in [0, 0.05) is 20.9 Å². The summed E-state index contributed by atoms with van der Waals surface area (Å²) in [4.78, 5) is 9.48. The quantitative estimate of drug-likeness (QED) is 0.0699. The molecular weight excluding hydrogens is 597 g/mol. The van der Waals surface area contributed by atoms with Crippen molar-refractivity contribution in [2.45, 2.75) is 116 Å². The summed E-state index contributed by atoms with van der Waals surface area (Å²) >= 11 is 3.59. The number of thiophene rings is 2. The molecule has 0 amide bonds. The number of nitrogens with zero attached hydrogens (tertiary/aromatic N) is 2. The Morgan fingerprint density at radius 3 is 1.09 bits per heavy atom. The molecule has 250 valence electrons. The Kier molecular flexibility index (Phi) is 18.5. The van der Waals surface area contributed by atoms with Gasteiger partial charge < -0.3 is 9.80 Å². The van der Waals surface area contributed by atoms with E-state index in [-0.39, 0.29) is 0 Å². The summed E-state index contributed by atoms with van der Waals surface area (Å²) in [6.07, 6.45) is 35.6. The SMILES string of the molecule is C#Cc1sc(CCCCCCCCCCN(C)C)cc1-c1ccc(-c2cc(CCCCCCCCCCN(C)C)sc2C#C)cc1. The number of hydrogen-bond acceptors (Lipinski definition) is 4. The zero-order valence-electron chi connectivity index (χ0n) is 29.5. The van der Waals surface area contributed by atoms with Gasteiger partial charge in [0.05, 0.1) is 9.75 Å². The summed E-state index contributed by atoms with van der Waals surface area (Å²) < 4.78 is 0. The maximum Gasteiger partial charge on any atom is 0.0846 e. The van der Waals surface area contributed by atoms with Gasteiger partial charge in [0.25, 0.3) is 0 Å². The third-order valence-electron chi connectivity index (χ3n) is 8.89. The Morgan fingerprint density at radius 1 is 0.478 bits per heavy atom. The third kappa shape index (κ3) is 14.2. The van der Waals surface area contributed by atoms with Crippen LogP contribution in [0.3, 0.4) is 0 Å². The highest BCUT2D eigenvalue weighted by Crippen LogP contribution is 2.36. The van der Waals surface area contributed by atoms with E-state index in [9.17, 15) is 0 Å². The molecule has 0 aliphatic carbocycles. The summed E-state index contributed by atoms with van der Waals surface area (Å²) in [5, 5.41) is 0. The van der Waals surface area contributed by atoms with Crippen molar-refractivity contribution in [1.29, 1.82) is 0 Å². The van der Waals surface area contributed by atoms with Crippen LogP contribution in [0.4, 0.5) is 0 Å². The van der Waals surface area contributed by atoms with Crippen molar-refractivity contribution in [3.63, 3.8) is 0 Å². The Balaban J connectivity index is 1.42. The molecule has 2 aromatic heterocycles. The average molecular weight is 657 g/mol. The summed E-state index contributed by atoms with van der Waals surface area (Å²) in [6.45, 7) is 2.43. The number of aryl methyl sites for hydroxylation is 2. The largest absolute Gasteiger partial charge is 0.309 e. The van der Waals surface area contributed by atoms with Crippen molar-refractivity contribution < 1.29 is 0 Å². The molecule has 1 aromatic carbocycles. The maximum absolute atomic E-state index is 5.96. The molecule has 0 atom stereocenters. The normalized spacial score (nSPS) is 11.4. The molecule has 0 unspecified atom stereocenters. The van der Waals surface area contributed by atoms with Crippen LogP contribution in [0, 0.1) is 24.7 Å². The molecule has 3 aromatic rings. The van der Waals surface area contributed by atoms with Gasteiger partial charge in [0.15, 0.2) is 0 Å². The zero-order chi connectivity index (χ0) is 33.0. The number of unbranched alkanes of at least 4 members (excludes halogenated alkanes) is 14. The first-order chi connectivity index (χ1) is 22.4. The van der Waals surface area contributed by atoms with Gasteiger partial charge in [-0.3, -0.25) is 0 Å². The van der Waals surface area contributed by atoms with Crippen LogP contribution in [-0.2, 0) is 12.8 Å². The van der Waals surface area contributed by atoms with Gasteiger partial charge in [-0.05, 0) is 103 Å². The van der Waals surface area contributed by atoms with E-state index in [1.807, 2.05) is 0 Å².